The second-order valence-electron chi connectivity index (χ2n) is 0.894. The van der Waals surface area contributed by atoms with Gasteiger partial charge in [0, 0.05) is 81.9 Å². The van der Waals surface area contributed by atoms with Crippen LogP contribution in [0, 0.1) is 0 Å². The van der Waals surface area contributed by atoms with Crippen molar-refractivity contribution >= 4 is 162 Å². The molecule has 0 aliphatic heterocycles. The molecule has 8 nitrogen and oxygen atoms in total. The van der Waals surface area contributed by atoms with Crippen LogP contribution in [0.3, 0.4) is 0 Å². The van der Waals surface area contributed by atoms with E-state index in [4.69, 9.17) is 38.5 Å². The van der Waals surface area contributed by atoms with Gasteiger partial charge < -0.3 is 47.1 Å². The summed E-state index contributed by atoms with van der Waals surface area (Å²) in [5, 5.41) is 0. The van der Waals surface area contributed by atoms with Gasteiger partial charge in [0.1, 0.15) is 0 Å². The van der Waals surface area contributed by atoms with Gasteiger partial charge in [0.2, 0.25) is 0 Å². The molecular weight excluding hydrogens is 1140 g/mol. The third-order valence-corrected chi connectivity index (χ3v) is 0. The Kier molecular flexibility index (Phi) is 155. The smallest absolute Gasteiger partial charge is 1.00 e. The van der Waals surface area contributed by atoms with Crippen LogP contribution in [-0.2, 0) is 149 Å². The number of hydrogen-bond donors (Lipinski definition) is 0. The van der Waals surface area contributed by atoms with E-state index in [1.807, 2.05) is 0 Å². The number of hydrogen-bond acceptors (Lipinski definition) is 8. The minimum Gasteiger partial charge on any atom is -1.00 e. The van der Waals surface area contributed by atoms with Gasteiger partial charge in [0.25, 0.3) is 0 Å². The second-order valence-corrected chi connectivity index (χ2v) is 2.68. The van der Waals surface area contributed by atoms with Gasteiger partial charge in [0.15, 0.2) is 0 Å². The van der Waals surface area contributed by atoms with Crippen molar-refractivity contribution in [2.45, 2.75) is 0 Å². The first-order chi connectivity index (χ1) is 4.00. The molecule has 0 fully saturated rings. The number of rotatable bonds is 0. The van der Waals surface area contributed by atoms with Crippen molar-refractivity contribution in [1.29, 1.82) is 0 Å². The molecule has 0 saturated heterocycles. The van der Waals surface area contributed by atoms with E-state index >= 15 is 0 Å². The zero-order valence-electron chi connectivity index (χ0n) is 16.5. The Morgan fingerprint density at radius 1 is 0.526 bits per heavy atom. The van der Waals surface area contributed by atoms with Crippen LogP contribution in [-0.4, -0.2) is 147 Å². The molecule has 0 aromatic rings. The van der Waals surface area contributed by atoms with Crippen molar-refractivity contribution in [3.05, 3.63) is 0 Å². The van der Waals surface area contributed by atoms with Gasteiger partial charge in [-0.1, -0.05) is 0 Å². The van der Waals surface area contributed by atoms with Gasteiger partial charge >= 0.3 is 205 Å². The van der Waals surface area contributed by atoms with E-state index in [9.17, 15) is 0 Å². The van der Waals surface area contributed by atoms with Gasteiger partial charge in [-0.2, -0.15) is 15.6 Å². The summed E-state index contributed by atoms with van der Waals surface area (Å²) in [5.41, 5.74) is 0. The van der Waals surface area contributed by atoms with Crippen LogP contribution in [0.1, 0.15) is 8.56 Å². The molecule has 0 aliphatic carbocycles. The Balaban J connectivity index is -0.00000000213. The summed E-state index contributed by atoms with van der Waals surface area (Å²) in [7, 11) is -10.8. The maximum atomic E-state index is 8.55. The predicted molar refractivity (Wildman–Crippen MR) is 39.1 cm³/mol. The van der Waals surface area contributed by atoms with Crippen molar-refractivity contribution in [1.82, 2.24) is 0 Å². The van der Waals surface area contributed by atoms with Crippen molar-refractivity contribution in [2.75, 3.05) is 0 Å². The molecule has 19 heteroatoms. The van der Waals surface area contributed by atoms with Crippen LogP contribution in [0.25, 0.3) is 0 Å². The van der Waals surface area contributed by atoms with E-state index in [1.165, 1.54) is 0 Å². The molecule has 0 rings (SSSR count). The normalized spacial score (nSPS) is 6.21. The Hall–Kier alpha value is 9.57. The summed E-state index contributed by atoms with van der Waals surface area (Å²) < 4.78 is 17.1. The predicted octanol–water partition coefficient (Wildman–Crippen LogP) is -6.13. The maximum absolute atomic E-state index is 8.55. The van der Waals surface area contributed by atoms with Gasteiger partial charge in [0.05, 0.1) is 0 Å². The van der Waals surface area contributed by atoms with Crippen molar-refractivity contribution in [2.24, 2.45) is 0 Å². The summed E-state index contributed by atoms with van der Waals surface area (Å²) in [6.07, 6.45) is 0. The van der Waals surface area contributed by atoms with Crippen LogP contribution in [0.5, 0.6) is 0 Å². The Morgan fingerprint density at radius 2 is 0.526 bits per heavy atom. The van der Waals surface area contributed by atoms with Crippen LogP contribution in [0.15, 0.2) is 0 Å². The quantitative estimate of drug-likeness (QED) is 0.171. The van der Waals surface area contributed by atoms with Crippen LogP contribution < -0.4 is 29.4 Å². The molecule has 0 aromatic carbocycles. The third-order valence-electron chi connectivity index (χ3n) is 0. The van der Waals surface area contributed by atoms with Crippen LogP contribution in [0.2, 0.25) is 0 Å². The molecule has 82 valence electrons. The van der Waals surface area contributed by atoms with E-state index in [2.05, 4.69) is 0 Å². The topological polar surface area (TPSA) is 172 Å². The fourth-order valence-corrected chi connectivity index (χ4v) is 0. The van der Waals surface area contributed by atoms with Gasteiger partial charge in [-0.05, 0) is 0 Å². The molecule has 0 heterocycles. The van der Waals surface area contributed by atoms with Gasteiger partial charge in [-0.15, -0.1) is 0 Å². The van der Waals surface area contributed by atoms with Gasteiger partial charge in [-0.25, -0.2) is 0 Å². The molecular formula is H6Ba3Cd3O8P2Zn3. The number of phosphoric acid groups is 2. The molecule has 0 N–H and O–H groups in total. The molecule has 0 atom stereocenters. The molecule has 0 saturated carbocycles. The molecule has 0 unspecified atom stereocenters. The summed E-state index contributed by atoms with van der Waals surface area (Å²) >= 11 is 0. The standard InChI is InChI=1S/3Ba.3Cd.2H3O4P.3Zn.6H/c;;;;;;2*1-5(2,3)4;;;;;;;;;/h;;;;;;2*(H3,1,2,3,4);;;;;;;;;/q3*+2;;;;;;3*+2;6*-1/p-6. The first-order valence-electron chi connectivity index (χ1n) is 1.46. The Bertz CT molecular complexity index is 173. The molecule has 0 bridgehead atoms. The van der Waals surface area contributed by atoms with Crippen molar-refractivity contribution in [3.63, 3.8) is 0 Å². The van der Waals surface area contributed by atoms with E-state index in [-0.39, 0.29) is 296 Å². The van der Waals surface area contributed by atoms with Crippen LogP contribution in [0.4, 0.5) is 0 Å². The maximum Gasteiger partial charge on any atom is 2.00 e. The average Bonchev–Trinajstić information content (AvgIpc) is 1.12. The monoisotopic (exact) mass is 1140 g/mol. The molecule has 0 aliphatic rings. The second kappa shape index (κ2) is 41.8. The van der Waals surface area contributed by atoms with Crippen molar-refractivity contribution in [3.8, 4) is 0 Å². The first-order valence-corrected chi connectivity index (χ1v) is 4.38. The average molecular weight is 1140 g/mol. The Morgan fingerprint density at radius 3 is 0.526 bits per heavy atom. The van der Waals surface area contributed by atoms with Crippen LogP contribution >= 0.6 is 15.6 Å². The summed E-state index contributed by atoms with van der Waals surface area (Å²) in [5.74, 6) is 0. The van der Waals surface area contributed by atoms with E-state index < -0.39 is 15.6 Å². The summed E-state index contributed by atoms with van der Waals surface area (Å²) in [6.45, 7) is 0. The van der Waals surface area contributed by atoms with E-state index in [0.717, 1.165) is 0 Å². The Labute approximate surface area is 339 Å². The summed E-state index contributed by atoms with van der Waals surface area (Å²) in [4.78, 5) is 51.3. The molecule has 0 amide bonds. The fraction of sp³-hybridized carbons (Fsp3) is 0. The van der Waals surface area contributed by atoms with Crippen molar-refractivity contribution < 1.29 is 187 Å². The molecule has 19 heavy (non-hydrogen) atoms. The third kappa shape index (κ3) is 197. The van der Waals surface area contributed by atoms with Gasteiger partial charge in [-0.3, -0.25) is 0 Å². The zero-order valence-corrected chi connectivity index (χ0v) is 46.6. The molecule has 0 radical (unpaired) electrons. The minimum absolute atomic E-state index is 0. The zero-order chi connectivity index (χ0) is 9.00. The minimum atomic E-state index is -5.39. The van der Waals surface area contributed by atoms with E-state index in [1.54, 1.807) is 0 Å². The van der Waals surface area contributed by atoms with E-state index in [0.29, 0.717) is 0 Å². The first kappa shape index (κ1) is 70.3. The molecule has 0 spiro atoms. The molecule has 0 aromatic heterocycles. The largest absolute Gasteiger partial charge is 2.00 e. The fourth-order valence-electron chi connectivity index (χ4n) is 0. The SMILES string of the molecule is O=P([O-])([O-])[O-].O=P([O-])([O-])[O-].[Ba+2].[Ba+2].[Ba+2].[Cd].[Cd].[Cd].[H-].[H-].[H-].[H-].[H-].[H-].[Zn+2].[Zn+2].[Zn+2]. The summed E-state index contributed by atoms with van der Waals surface area (Å²) in [6, 6.07) is 0.